The number of anilines is 1. The molecule has 174 valence electrons. The highest BCUT2D eigenvalue weighted by Crippen LogP contribution is 2.35. The molecule has 7 heteroatoms. The highest BCUT2D eigenvalue weighted by Gasteiger charge is 2.35. The van der Waals surface area contributed by atoms with Gasteiger partial charge in [-0.15, -0.1) is 0 Å². The lowest BCUT2D eigenvalue weighted by molar-refractivity contribution is -0.139. The van der Waals surface area contributed by atoms with E-state index in [0.29, 0.717) is 12.8 Å². The number of hydrogen-bond donors (Lipinski definition) is 2. The Hall–Kier alpha value is -3.09. The van der Waals surface area contributed by atoms with E-state index in [4.69, 9.17) is 4.98 Å². The summed E-state index contributed by atoms with van der Waals surface area (Å²) in [5, 5.41) is 7.42. The van der Waals surface area contributed by atoms with Crippen LogP contribution in [0.25, 0.3) is 10.9 Å². The average Bonchev–Trinajstić information content (AvgIpc) is 2.79. The second-order valence-corrected chi connectivity index (χ2v) is 8.85. The van der Waals surface area contributed by atoms with Crippen molar-refractivity contribution in [1.82, 2.24) is 10.3 Å². The number of carbonyl (C=O) groups excluding carboxylic acids is 1. The number of nitrogens with zero attached hydrogens (tertiary/aromatic N) is 1. The van der Waals surface area contributed by atoms with Gasteiger partial charge in [-0.05, 0) is 68.9 Å². The number of aromatic nitrogens is 1. The lowest BCUT2D eigenvalue weighted by Crippen LogP contribution is -2.37. The van der Waals surface area contributed by atoms with E-state index >= 15 is 0 Å². The monoisotopic (exact) mass is 455 g/mol. The average molecular weight is 456 g/mol. The summed E-state index contributed by atoms with van der Waals surface area (Å²) < 4.78 is 39.9. The Labute approximate surface area is 191 Å². The van der Waals surface area contributed by atoms with Gasteiger partial charge in [0.25, 0.3) is 0 Å². The van der Waals surface area contributed by atoms with E-state index in [1.807, 2.05) is 24.3 Å². The molecule has 0 spiro atoms. The van der Waals surface area contributed by atoms with Crippen molar-refractivity contribution in [1.29, 1.82) is 0 Å². The minimum atomic E-state index is -4.45. The van der Waals surface area contributed by atoms with Crippen molar-refractivity contribution in [3.8, 4) is 0 Å². The van der Waals surface area contributed by atoms with Gasteiger partial charge in [-0.2, -0.15) is 13.2 Å². The summed E-state index contributed by atoms with van der Waals surface area (Å²) in [6.45, 7) is 3.66. The van der Waals surface area contributed by atoms with Crippen LogP contribution >= 0.6 is 0 Å². The zero-order valence-electron chi connectivity index (χ0n) is 18.7. The molecule has 3 aromatic rings. The smallest absolute Gasteiger partial charge is 0.367 e. The summed E-state index contributed by atoms with van der Waals surface area (Å²) in [6.07, 6.45) is -1.47. The molecule has 1 amide bonds. The van der Waals surface area contributed by atoms with E-state index in [1.54, 1.807) is 13.0 Å². The van der Waals surface area contributed by atoms with Crippen LogP contribution < -0.4 is 10.6 Å². The number of para-hydroxylation sites is 1. The summed E-state index contributed by atoms with van der Waals surface area (Å²) in [5.41, 5.74) is 1.49. The third-order valence-electron chi connectivity index (χ3n) is 6.46. The van der Waals surface area contributed by atoms with E-state index in [-0.39, 0.29) is 23.4 Å². The highest BCUT2D eigenvalue weighted by atomic mass is 19.4. The van der Waals surface area contributed by atoms with E-state index in [2.05, 4.69) is 23.6 Å². The van der Waals surface area contributed by atoms with Gasteiger partial charge in [0.15, 0.2) is 0 Å². The Morgan fingerprint density at radius 1 is 1.03 bits per heavy atom. The van der Waals surface area contributed by atoms with Crippen molar-refractivity contribution in [3.05, 3.63) is 71.3 Å². The fraction of sp³-hybridized carbons (Fsp3) is 0.385. The van der Waals surface area contributed by atoms with Gasteiger partial charge in [0, 0.05) is 17.3 Å². The largest absolute Gasteiger partial charge is 0.416 e. The molecular formula is C26H28F3N3O. The van der Waals surface area contributed by atoms with Gasteiger partial charge in [-0.3, -0.25) is 4.79 Å². The lowest BCUT2D eigenvalue weighted by atomic mass is 9.85. The normalized spacial score (nSPS) is 19.8. The standard InChI is InChI=1S/C26H28F3N3O/c1-16-15-24(32-23-10-6-4-7-20(16)23)31-19-13-11-18(12-14-19)25(33)30-17(2)21-8-3-5-9-22(21)26(27,28)29/h3-10,15,17-19H,11-14H2,1-2H3,(H,30,33)(H,31,32)/t17-,18?,19?/m1/s1. The maximum atomic E-state index is 13.3. The van der Waals surface area contributed by atoms with Crippen LogP contribution in [0.3, 0.4) is 0 Å². The Balaban J connectivity index is 1.34. The Morgan fingerprint density at radius 2 is 1.70 bits per heavy atom. The van der Waals surface area contributed by atoms with Gasteiger partial charge in [-0.1, -0.05) is 36.4 Å². The first-order valence-electron chi connectivity index (χ1n) is 11.3. The zero-order chi connectivity index (χ0) is 23.6. The van der Waals surface area contributed by atoms with E-state index in [0.717, 1.165) is 41.2 Å². The molecule has 2 aromatic carbocycles. The van der Waals surface area contributed by atoms with Crippen molar-refractivity contribution in [3.63, 3.8) is 0 Å². The summed E-state index contributed by atoms with van der Waals surface area (Å²) in [6, 6.07) is 15.0. The molecule has 0 unspecified atom stereocenters. The number of aryl methyl sites for hydroxylation is 1. The second-order valence-electron chi connectivity index (χ2n) is 8.85. The fourth-order valence-electron chi connectivity index (χ4n) is 4.67. The van der Waals surface area contributed by atoms with Crippen molar-refractivity contribution >= 4 is 22.6 Å². The molecule has 1 heterocycles. The number of nitrogens with one attached hydrogen (secondary N) is 2. The number of carbonyl (C=O) groups is 1. The predicted molar refractivity (Wildman–Crippen MR) is 124 cm³/mol. The number of rotatable bonds is 5. The molecule has 1 atom stereocenters. The van der Waals surface area contributed by atoms with Crippen LogP contribution in [0.2, 0.25) is 0 Å². The Kier molecular flexibility index (Phi) is 6.58. The zero-order valence-corrected chi connectivity index (χ0v) is 18.7. The molecule has 33 heavy (non-hydrogen) atoms. The van der Waals surface area contributed by atoms with Crippen LogP contribution in [-0.2, 0) is 11.0 Å². The molecule has 0 aliphatic heterocycles. The van der Waals surface area contributed by atoms with Crippen LogP contribution in [0.5, 0.6) is 0 Å². The number of hydrogen-bond acceptors (Lipinski definition) is 3. The molecular weight excluding hydrogens is 427 g/mol. The minimum absolute atomic E-state index is 0.0893. The van der Waals surface area contributed by atoms with Crippen LogP contribution in [0.1, 0.15) is 55.3 Å². The predicted octanol–water partition coefficient (Wildman–Crippen LogP) is 6.41. The molecule has 0 saturated heterocycles. The first-order chi connectivity index (χ1) is 15.7. The summed E-state index contributed by atoms with van der Waals surface area (Å²) >= 11 is 0. The first-order valence-corrected chi connectivity index (χ1v) is 11.3. The second kappa shape index (κ2) is 9.41. The maximum Gasteiger partial charge on any atom is 0.416 e. The van der Waals surface area contributed by atoms with Gasteiger partial charge in [-0.25, -0.2) is 4.98 Å². The highest BCUT2D eigenvalue weighted by molar-refractivity contribution is 5.83. The molecule has 1 aliphatic carbocycles. The van der Waals surface area contributed by atoms with Crippen LogP contribution in [0.15, 0.2) is 54.6 Å². The van der Waals surface area contributed by atoms with Crippen LogP contribution in [0.4, 0.5) is 19.0 Å². The van der Waals surface area contributed by atoms with Gasteiger partial charge in [0.2, 0.25) is 5.91 Å². The Morgan fingerprint density at radius 3 is 2.42 bits per heavy atom. The number of halogens is 3. The third kappa shape index (κ3) is 5.29. The van der Waals surface area contributed by atoms with Gasteiger partial charge < -0.3 is 10.6 Å². The van der Waals surface area contributed by atoms with Gasteiger partial charge in [0.05, 0.1) is 17.1 Å². The topological polar surface area (TPSA) is 54.0 Å². The van der Waals surface area contributed by atoms with E-state index in [9.17, 15) is 18.0 Å². The van der Waals surface area contributed by atoms with Crippen LogP contribution in [0, 0.1) is 12.8 Å². The van der Waals surface area contributed by atoms with E-state index in [1.165, 1.54) is 12.1 Å². The van der Waals surface area contributed by atoms with Crippen molar-refractivity contribution in [2.75, 3.05) is 5.32 Å². The molecule has 1 aromatic heterocycles. The molecule has 1 aliphatic rings. The molecule has 0 bridgehead atoms. The van der Waals surface area contributed by atoms with Crippen molar-refractivity contribution < 1.29 is 18.0 Å². The Bertz CT molecular complexity index is 1140. The number of fused-ring (bicyclic) bond motifs is 1. The maximum absolute atomic E-state index is 13.3. The van der Waals surface area contributed by atoms with Crippen molar-refractivity contribution in [2.45, 2.75) is 57.8 Å². The third-order valence-corrected chi connectivity index (χ3v) is 6.46. The lowest BCUT2D eigenvalue weighted by Gasteiger charge is -2.30. The summed E-state index contributed by atoms with van der Waals surface area (Å²) in [5.74, 6) is 0.448. The first kappa shape index (κ1) is 23.1. The van der Waals surface area contributed by atoms with Crippen LogP contribution in [-0.4, -0.2) is 16.9 Å². The molecule has 4 rings (SSSR count). The molecule has 0 radical (unpaired) electrons. The summed E-state index contributed by atoms with van der Waals surface area (Å²) in [7, 11) is 0. The van der Waals surface area contributed by atoms with E-state index < -0.39 is 17.8 Å². The van der Waals surface area contributed by atoms with Gasteiger partial charge >= 0.3 is 6.18 Å². The van der Waals surface area contributed by atoms with Crippen molar-refractivity contribution in [2.24, 2.45) is 5.92 Å². The number of pyridine rings is 1. The number of benzene rings is 2. The number of amides is 1. The molecule has 1 saturated carbocycles. The summed E-state index contributed by atoms with van der Waals surface area (Å²) in [4.78, 5) is 17.5. The number of alkyl halides is 3. The fourth-order valence-corrected chi connectivity index (χ4v) is 4.67. The SMILES string of the molecule is Cc1cc(NC2CCC(C(=O)N[C@H](C)c3ccccc3C(F)(F)F)CC2)nc2ccccc12. The molecule has 1 fully saturated rings. The quantitative estimate of drug-likeness (QED) is 0.467. The minimum Gasteiger partial charge on any atom is -0.367 e. The molecule has 4 nitrogen and oxygen atoms in total. The van der Waals surface area contributed by atoms with Gasteiger partial charge in [0.1, 0.15) is 5.82 Å². The molecule has 2 N–H and O–H groups in total.